The average molecular weight is 237 g/mol. The van der Waals surface area contributed by atoms with Gasteiger partial charge in [-0.05, 0) is 23.0 Å². The van der Waals surface area contributed by atoms with Gasteiger partial charge in [-0.15, -0.1) is 0 Å². The molecule has 0 saturated carbocycles. The van der Waals surface area contributed by atoms with E-state index in [1.807, 2.05) is 46.9 Å². The van der Waals surface area contributed by atoms with Gasteiger partial charge in [0.2, 0.25) is 0 Å². The van der Waals surface area contributed by atoms with Gasteiger partial charge in [-0.25, -0.2) is 0 Å². The maximum absolute atomic E-state index is 10.3. The number of carbonyl (C=O) groups is 1. The normalized spacial score (nSPS) is 6.50. The Hall–Kier alpha value is -0.340. The smallest absolute Gasteiger partial charge is 0.253 e. The molecule has 0 aliphatic rings. The van der Waals surface area contributed by atoms with Gasteiger partial charge in [-0.2, -0.15) is 11.3 Å². The van der Waals surface area contributed by atoms with E-state index in [9.17, 15) is 4.79 Å². The van der Waals surface area contributed by atoms with Crippen molar-refractivity contribution in [2.24, 2.45) is 0 Å². The van der Waals surface area contributed by atoms with Crippen LogP contribution in [-0.2, 0) is 0 Å². The second-order valence-corrected chi connectivity index (χ2v) is 2.41. The Kier molecular flexibility index (Phi) is 25.4. The molecule has 0 saturated heterocycles. The minimum atomic E-state index is -0.383. The molecule has 1 aromatic heterocycles. The first-order valence-electron chi connectivity index (χ1n) is 5.03. The first kappa shape index (κ1) is 19.3. The molecule has 1 heterocycles. The highest BCUT2D eigenvalue weighted by Crippen LogP contribution is 2.07. The van der Waals surface area contributed by atoms with Gasteiger partial charge in [0.1, 0.15) is 0 Å². The lowest BCUT2D eigenvalue weighted by Crippen LogP contribution is -1.80. The van der Waals surface area contributed by atoms with Crippen molar-refractivity contribution in [2.45, 2.75) is 41.5 Å². The quantitative estimate of drug-likeness (QED) is 0.612. The summed E-state index contributed by atoms with van der Waals surface area (Å²) in [6, 6.07) is 1.69. The Balaban J connectivity index is -0.000000174. The van der Waals surface area contributed by atoms with E-state index in [-0.39, 0.29) is 5.24 Å². The van der Waals surface area contributed by atoms with Crippen molar-refractivity contribution in [1.29, 1.82) is 0 Å². The van der Waals surface area contributed by atoms with E-state index in [0.717, 1.165) is 0 Å². The highest BCUT2D eigenvalue weighted by atomic mass is 35.5. The van der Waals surface area contributed by atoms with Crippen LogP contribution in [0.5, 0.6) is 0 Å². The number of thiophene rings is 1. The number of rotatable bonds is 1. The van der Waals surface area contributed by atoms with Crippen molar-refractivity contribution < 1.29 is 4.79 Å². The van der Waals surface area contributed by atoms with Crippen LogP contribution in [0.3, 0.4) is 0 Å². The Morgan fingerprint density at radius 2 is 1.57 bits per heavy atom. The van der Waals surface area contributed by atoms with E-state index >= 15 is 0 Å². The molecule has 14 heavy (non-hydrogen) atoms. The molecule has 0 radical (unpaired) electrons. The zero-order valence-electron chi connectivity index (χ0n) is 9.93. The van der Waals surface area contributed by atoms with Crippen LogP contribution in [0.2, 0.25) is 0 Å². The maximum atomic E-state index is 10.3. The summed E-state index contributed by atoms with van der Waals surface area (Å²) in [5.41, 5.74) is 0.580. The topological polar surface area (TPSA) is 17.1 Å². The van der Waals surface area contributed by atoms with Crippen molar-refractivity contribution in [3.8, 4) is 0 Å². The zero-order valence-corrected chi connectivity index (χ0v) is 11.5. The minimum absolute atomic E-state index is 0.383. The van der Waals surface area contributed by atoms with Crippen LogP contribution in [-0.4, -0.2) is 5.24 Å². The van der Waals surface area contributed by atoms with Crippen LogP contribution in [0.1, 0.15) is 51.9 Å². The van der Waals surface area contributed by atoms with Gasteiger partial charge in [-0.3, -0.25) is 4.79 Å². The summed E-state index contributed by atoms with van der Waals surface area (Å²) in [6.07, 6.45) is 0. The molecular formula is C11H21ClOS. The summed E-state index contributed by atoms with van der Waals surface area (Å²) in [5, 5.41) is 3.15. The Labute approximate surface area is 97.1 Å². The molecular weight excluding hydrogens is 216 g/mol. The Morgan fingerprint density at radius 3 is 1.71 bits per heavy atom. The van der Waals surface area contributed by atoms with Gasteiger partial charge in [0.15, 0.2) is 0 Å². The number of carbonyl (C=O) groups excluding carboxylic acids is 1. The van der Waals surface area contributed by atoms with Crippen molar-refractivity contribution in [3.63, 3.8) is 0 Å². The molecule has 0 aliphatic heterocycles. The summed E-state index contributed by atoms with van der Waals surface area (Å²) in [7, 11) is 0. The number of hydrogen-bond donors (Lipinski definition) is 0. The highest BCUT2D eigenvalue weighted by Gasteiger charge is 1.97. The molecule has 0 amide bonds. The van der Waals surface area contributed by atoms with E-state index in [2.05, 4.69) is 0 Å². The number of hydrogen-bond acceptors (Lipinski definition) is 2. The van der Waals surface area contributed by atoms with Gasteiger partial charge < -0.3 is 0 Å². The Bertz CT molecular complexity index is 183. The predicted octanol–water partition coefficient (Wildman–Crippen LogP) is 5.21. The van der Waals surface area contributed by atoms with E-state index in [1.165, 1.54) is 11.3 Å². The third kappa shape index (κ3) is 11.7. The minimum Gasteiger partial charge on any atom is -0.276 e. The lowest BCUT2D eigenvalue weighted by molar-refractivity contribution is 0.108. The van der Waals surface area contributed by atoms with Crippen LogP contribution in [0, 0.1) is 0 Å². The predicted molar refractivity (Wildman–Crippen MR) is 68.5 cm³/mol. The van der Waals surface area contributed by atoms with E-state index in [4.69, 9.17) is 11.6 Å². The van der Waals surface area contributed by atoms with Gasteiger partial charge >= 0.3 is 0 Å². The fraction of sp³-hybridized carbons (Fsp3) is 0.545. The van der Waals surface area contributed by atoms with E-state index < -0.39 is 0 Å². The molecule has 0 spiro atoms. The summed E-state index contributed by atoms with van der Waals surface area (Å²) in [5.74, 6) is 0. The van der Waals surface area contributed by atoms with E-state index in [1.54, 1.807) is 11.4 Å². The van der Waals surface area contributed by atoms with Gasteiger partial charge in [0, 0.05) is 10.9 Å². The van der Waals surface area contributed by atoms with Crippen LogP contribution in [0.15, 0.2) is 16.8 Å². The van der Waals surface area contributed by atoms with Gasteiger partial charge in [0.25, 0.3) is 5.24 Å². The molecule has 3 heteroatoms. The molecule has 0 bridgehead atoms. The zero-order chi connectivity index (χ0) is 12.0. The summed E-state index contributed by atoms with van der Waals surface area (Å²) >= 11 is 6.57. The molecule has 0 fully saturated rings. The molecule has 84 valence electrons. The SMILES string of the molecule is CC.CC.CC.O=C(Cl)c1ccsc1. The molecule has 0 aliphatic carbocycles. The van der Waals surface area contributed by atoms with Crippen molar-refractivity contribution in [3.05, 3.63) is 22.4 Å². The second-order valence-electron chi connectivity index (χ2n) is 1.29. The molecule has 0 N–H and O–H groups in total. The molecule has 0 atom stereocenters. The highest BCUT2D eigenvalue weighted by molar-refractivity contribution is 7.08. The van der Waals surface area contributed by atoms with Crippen molar-refractivity contribution >= 4 is 28.2 Å². The fourth-order valence-corrected chi connectivity index (χ4v) is 1.19. The van der Waals surface area contributed by atoms with Gasteiger partial charge in [-0.1, -0.05) is 41.5 Å². The summed E-state index contributed by atoms with van der Waals surface area (Å²) in [4.78, 5) is 10.3. The van der Waals surface area contributed by atoms with Crippen molar-refractivity contribution in [1.82, 2.24) is 0 Å². The molecule has 1 rings (SSSR count). The van der Waals surface area contributed by atoms with Crippen LogP contribution in [0.4, 0.5) is 0 Å². The summed E-state index contributed by atoms with van der Waals surface area (Å²) in [6.45, 7) is 12.0. The first-order chi connectivity index (χ1) is 6.80. The average Bonchev–Trinajstić information content (AvgIpc) is 2.80. The molecule has 0 aromatic carbocycles. The van der Waals surface area contributed by atoms with Crippen molar-refractivity contribution in [2.75, 3.05) is 0 Å². The third-order valence-electron chi connectivity index (χ3n) is 0.748. The number of halogens is 1. The van der Waals surface area contributed by atoms with Crippen LogP contribution >= 0.6 is 22.9 Å². The largest absolute Gasteiger partial charge is 0.276 e. The second kappa shape index (κ2) is 18.4. The van der Waals surface area contributed by atoms with E-state index in [0.29, 0.717) is 5.56 Å². The van der Waals surface area contributed by atoms with Crippen LogP contribution < -0.4 is 0 Å². The lowest BCUT2D eigenvalue weighted by atomic mass is 10.4. The fourth-order valence-electron chi connectivity index (χ4n) is 0.376. The molecule has 1 nitrogen and oxygen atoms in total. The maximum Gasteiger partial charge on any atom is 0.253 e. The van der Waals surface area contributed by atoms with Crippen LogP contribution in [0.25, 0.3) is 0 Å². The molecule has 0 unspecified atom stereocenters. The molecule has 1 aromatic rings. The first-order valence-corrected chi connectivity index (χ1v) is 6.35. The monoisotopic (exact) mass is 236 g/mol. The standard InChI is InChI=1S/C5H3ClOS.3C2H6/c6-5(7)4-1-2-8-3-4;3*1-2/h1-3H;3*1-2H3. The third-order valence-corrected chi connectivity index (χ3v) is 1.65. The lowest BCUT2D eigenvalue weighted by Gasteiger charge is -1.76. The van der Waals surface area contributed by atoms with Gasteiger partial charge in [0.05, 0.1) is 0 Å². The summed E-state index contributed by atoms with van der Waals surface area (Å²) < 4.78 is 0. The Morgan fingerprint density at radius 1 is 1.14 bits per heavy atom.